The molecule has 1 amide bonds. The van der Waals surface area contributed by atoms with Crippen molar-refractivity contribution in [3.8, 4) is 0 Å². The molecule has 1 heterocycles. The van der Waals surface area contributed by atoms with Gasteiger partial charge < -0.3 is 15.0 Å². The maximum Gasteiger partial charge on any atom is 0.410 e. The number of rotatable bonds is 6. The van der Waals surface area contributed by atoms with E-state index in [1.165, 1.54) is 12.8 Å². The minimum absolute atomic E-state index is 0.175. The van der Waals surface area contributed by atoms with Crippen molar-refractivity contribution in [1.82, 2.24) is 10.2 Å². The van der Waals surface area contributed by atoms with Crippen LogP contribution in [0.3, 0.4) is 0 Å². The molecule has 0 aliphatic carbocycles. The summed E-state index contributed by atoms with van der Waals surface area (Å²) in [6.45, 7) is 12.9. The summed E-state index contributed by atoms with van der Waals surface area (Å²) in [5.41, 5.74) is -0.410. The third kappa shape index (κ3) is 5.99. The first kappa shape index (κ1) is 19.6. The molecule has 5 heteroatoms. The van der Waals surface area contributed by atoms with E-state index in [0.717, 1.165) is 32.5 Å². The molecule has 22 heavy (non-hydrogen) atoms. The van der Waals surface area contributed by atoms with Crippen molar-refractivity contribution in [3.05, 3.63) is 0 Å². The number of nitrogens with zero attached hydrogens (tertiary/aromatic N) is 1. The number of thioether (sulfide) groups is 1. The lowest BCUT2D eigenvalue weighted by molar-refractivity contribution is 0.0198. The van der Waals surface area contributed by atoms with Crippen LogP contribution in [-0.4, -0.2) is 53.3 Å². The Morgan fingerprint density at radius 1 is 1.23 bits per heavy atom. The Kier molecular flexibility index (Phi) is 7.53. The van der Waals surface area contributed by atoms with Crippen molar-refractivity contribution in [3.63, 3.8) is 0 Å². The fourth-order valence-electron chi connectivity index (χ4n) is 2.78. The zero-order valence-electron chi connectivity index (χ0n) is 15.2. The predicted octanol–water partition coefficient (Wildman–Crippen LogP) is 3.90. The van der Waals surface area contributed by atoms with Gasteiger partial charge in [0.15, 0.2) is 0 Å². The monoisotopic (exact) mass is 330 g/mol. The van der Waals surface area contributed by atoms with E-state index >= 15 is 0 Å². The molecule has 0 saturated carbocycles. The second kappa shape index (κ2) is 8.44. The first-order valence-electron chi connectivity index (χ1n) is 8.51. The standard InChI is InChI=1S/C17H34N2O2S/c1-7-17(8-2,22-6)13-18-14-9-11-19(12-10-14)15(20)21-16(3,4)5/h14,18H,7-13H2,1-6H3. The fourth-order valence-corrected chi connectivity index (χ4v) is 3.59. The minimum atomic E-state index is -0.410. The summed E-state index contributed by atoms with van der Waals surface area (Å²) in [5, 5.41) is 3.72. The summed E-state index contributed by atoms with van der Waals surface area (Å²) in [4.78, 5) is 13.9. The van der Waals surface area contributed by atoms with Crippen LogP contribution in [0, 0.1) is 0 Å². The van der Waals surface area contributed by atoms with Gasteiger partial charge in [-0.15, -0.1) is 0 Å². The smallest absolute Gasteiger partial charge is 0.410 e. The molecule has 1 rings (SSSR count). The molecular weight excluding hydrogens is 296 g/mol. The summed E-state index contributed by atoms with van der Waals surface area (Å²) < 4.78 is 5.79. The van der Waals surface area contributed by atoms with Crippen molar-refractivity contribution < 1.29 is 9.53 Å². The van der Waals surface area contributed by atoms with Gasteiger partial charge in [-0.3, -0.25) is 0 Å². The van der Waals surface area contributed by atoms with E-state index in [1.807, 2.05) is 37.4 Å². The Morgan fingerprint density at radius 3 is 2.18 bits per heavy atom. The van der Waals surface area contributed by atoms with Gasteiger partial charge in [-0.1, -0.05) is 13.8 Å². The Morgan fingerprint density at radius 2 is 1.77 bits per heavy atom. The van der Waals surface area contributed by atoms with E-state index in [0.29, 0.717) is 10.8 Å². The average molecular weight is 331 g/mol. The number of carbonyl (C=O) groups excluding carboxylic acids is 1. The number of likely N-dealkylation sites (tertiary alicyclic amines) is 1. The van der Waals surface area contributed by atoms with Gasteiger partial charge in [0.2, 0.25) is 0 Å². The van der Waals surface area contributed by atoms with E-state index in [1.54, 1.807) is 0 Å². The van der Waals surface area contributed by atoms with Crippen LogP contribution in [0.5, 0.6) is 0 Å². The van der Waals surface area contributed by atoms with Gasteiger partial charge in [-0.05, 0) is 52.7 Å². The van der Waals surface area contributed by atoms with Crippen LogP contribution in [0.1, 0.15) is 60.3 Å². The van der Waals surface area contributed by atoms with Crippen LogP contribution in [0.25, 0.3) is 0 Å². The quantitative estimate of drug-likeness (QED) is 0.802. The van der Waals surface area contributed by atoms with Crippen LogP contribution in [0.15, 0.2) is 0 Å². The summed E-state index contributed by atoms with van der Waals surface area (Å²) in [5.74, 6) is 0. The highest BCUT2D eigenvalue weighted by atomic mass is 32.2. The van der Waals surface area contributed by atoms with Crippen molar-refractivity contribution in [1.29, 1.82) is 0 Å². The lowest BCUT2D eigenvalue weighted by atomic mass is 9.99. The summed E-state index contributed by atoms with van der Waals surface area (Å²) in [7, 11) is 0. The molecule has 0 spiro atoms. The largest absolute Gasteiger partial charge is 0.444 e. The van der Waals surface area contributed by atoms with Crippen molar-refractivity contribution >= 4 is 17.9 Å². The molecule has 4 nitrogen and oxygen atoms in total. The number of amides is 1. The van der Waals surface area contributed by atoms with E-state index in [-0.39, 0.29) is 6.09 Å². The molecule has 0 unspecified atom stereocenters. The van der Waals surface area contributed by atoms with Crippen molar-refractivity contribution in [2.75, 3.05) is 25.9 Å². The summed E-state index contributed by atoms with van der Waals surface area (Å²) in [6.07, 6.45) is 6.43. The van der Waals surface area contributed by atoms with E-state index < -0.39 is 5.60 Å². The Hall–Kier alpha value is -0.420. The van der Waals surface area contributed by atoms with Gasteiger partial charge in [-0.2, -0.15) is 11.8 Å². The molecule has 0 aromatic rings. The van der Waals surface area contributed by atoms with Gasteiger partial charge in [-0.25, -0.2) is 4.79 Å². The molecular formula is C17H34N2O2S. The number of carbonyl (C=O) groups is 1. The number of hydrogen-bond donors (Lipinski definition) is 1. The first-order valence-corrected chi connectivity index (χ1v) is 9.74. The molecule has 1 aliphatic rings. The predicted molar refractivity (Wildman–Crippen MR) is 95.7 cm³/mol. The third-order valence-corrected chi connectivity index (χ3v) is 6.17. The molecule has 1 fully saturated rings. The second-order valence-corrected chi connectivity index (χ2v) is 8.49. The molecule has 1 saturated heterocycles. The Labute approximate surface area is 140 Å². The van der Waals surface area contributed by atoms with Gasteiger partial charge >= 0.3 is 6.09 Å². The zero-order valence-corrected chi connectivity index (χ0v) is 16.0. The van der Waals surface area contributed by atoms with Crippen molar-refractivity contribution in [2.24, 2.45) is 0 Å². The second-order valence-electron chi connectivity index (χ2n) is 7.22. The van der Waals surface area contributed by atoms with Gasteiger partial charge in [0.05, 0.1) is 0 Å². The lowest BCUT2D eigenvalue weighted by Gasteiger charge is -2.36. The lowest BCUT2D eigenvalue weighted by Crippen LogP contribution is -2.49. The van der Waals surface area contributed by atoms with Crippen LogP contribution in [0.2, 0.25) is 0 Å². The Balaban J connectivity index is 2.38. The molecule has 130 valence electrons. The average Bonchev–Trinajstić information content (AvgIpc) is 2.48. The van der Waals surface area contributed by atoms with E-state index in [9.17, 15) is 4.79 Å². The normalized spacial score (nSPS) is 17.6. The molecule has 0 atom stereocenters. The SMILES string of the molecule is CCC(CC)(CNC1CCN(C(=O)OC(C)(C)C)CC1)SC. The maximum absolute atomic E-state index is 12.1. The van der Waals surface area contributed by atoms with Crippen LogP contribution < -0.4 is 5.32 Å². The van der Waals surface area contributed by atoms with Crippen LogP contribution >= 0.6 is 11.8 Å². The first-order chi connectivity index (χ1) is 10.2. The highest BCUT2D eigenvalue weighted by Gasteiger charge is 2.29. The Bertz CT molecular complexity index is 335. The van der Waals surface area contributed by atoms with Gasteiger partial charge in [0, 0.05) is 30.4 Å². The number of ether oxygens (including phenoxy) is 1. The highest BCUT2D eigenvalue weighted by Crippen LogP contribution is 2.30. The molecule has 0 radical (unpaired) electrons. The minimum Gasteiger partial charge on any atom is -0.444 e. The molecule has 1 N–H and O–H groups in total. The number of piperidine rings is 1. The highest BCUT2D eigenvalue weighted by molar-refractivity contribution is 8.00. The van der Waals surface area contributed by atoms with E-state index in [2.05, 4.69) is 25.4 Å². The summed E-state index contributed by atoms with van der Waals surface area (Å²) >= 11 is 1.97. The van der Waals surface area contributed by atoms with Crippen molar-refractivity contribution in [2.45, 2.75) is 76.7 Å². The molecule has 1 aliphatic heterocycles. The summed E-state index contributed by atoms with van der Waals surface area (Å²) in [6, 6.07) is 0.517. The fraction of sp³-hybridized carbons (Fsp3) is 0.941. The zero-order chi connectivity index (χ0) is 16.8. The van der Waals surface area contributed by atoms with Crippen LogP contribution in [-0.2, 0) is 4.74 Å². The van der Waals surface area contributed by atoms with Crippen LogP contribution in [0.4, 0.5) is 4.79 Å². The molecule has 0 aromatic carbocycles. The van der Waals surface area contributed by atoms with Gasteiger partial charge in [0.25, 0.3) is 0 Å². The third-order valence-electron chi connectivity index (χ3n) is 4.58. The maximum atomic E-state index is 12.1. The number of nitrogens with one attached hydrogen (secondary N) is 1. The molecule has 0 aromatic heterocycles. The molecule has 0 bridgehead atoms. The van der Waals surface area contributed by atoms with E-state index in [4.69, 9.17) is 4.74 Å². The number of hydrogen-bond acceptors (Lipinski definition) is 4. The topological polar surface area (TPSA) is 41.6 Å². The van der Waals surface area contributed by atoms with Gasteiger partial charge in [0.1, 0.15) is 5.60 Å².